The second kappa shape index (κ2) is 8.44. The summed E-state index contributed by atoms with van der Waals surface area (Å²) in [5.41, 5.74) is 1.37. The number of benzene rings is 1. The average molecular weight is 306 g/mol. The monoisotopic (exact) mass is 306 g/mol. The van der Waals surface area contributed by atoms with E-state index in [4.69, 9.17) is 14.2 Å². The van der Waals surface area contributed by atoms with Crippen LogP contribution in [0.3, 0.4) is 0 Å². The first-order valence-corrected chi connectivity index (χ1v) is 7.91. The van der Waals surface area contributed by atoms with Crippen LogP contribution in [-0.2, 0) is 4.74 Å². The molecule has 1 aliphatic heterocycles. The van der Waals surface area contributed by atoms with Crippen LogP contribution in [0.4, 0.5) is 11.4 Å². The van der Waals surface area contributed by atoms with Crippen molar-refractivity contribution >= 4 is 11.4 Å². The maximum atomic E-state index is 9.22. The molecule has 0 radical (unpaired) electrons. The zero-order chi connectivity index (χ0) is 15.8. The second-order valence-electron chi connectivity index (χ2n) is 5.18. The van der Waals surface area contributed by atoms with Crippen molar-refractivity contribution in [3.63, 3.8) is 0 Å². The van der Waals surface area contributed by atoms with Gasteiger partial charge in [0.15, 0.2) is 10.7 Å². The number of rotatable bonds is 7. The van der Waals surface area contributed by atoms with Crippen LogP contribution in [0, 0.1) is 5.39 Å². The fourth-order valence-electron chi connectivity index (χ4n) is 2.32. The van der Waals surface area contributed by atoms with Crippen LogP contribution in [-0.4, -0.2) is 39.5 Å². The predicted octanol–water partition coefficient (Wildman–Crippen LogP) is 3.59. The molecule has 1 saturated heterocycles. The van der Waals surface area contributed by atoms with Gasteiger partial charge in [-0.15, -0.1) is 0 Å². The summed E-state index contributed by atoms with van der Waals surface area (Å²) < 4.78 is 16.9. The molecule has 0 spiro atoms. The third-order valence-electron chi connectivity index (χ3n) is 3.42. The molecule has 0 bridgehead atoms. The number of ether oxygens (including phenoxy) is 3. The Bertz CT molecular complexity index is 522. The number of diazo groups is 1. The van der Waals surface area contributed by atoms with Crippen LogP contribution in [0.5, 0.6) is 11.5 Å². The van der Waals surface area contributed by atoms with Gasteiger partial charge in [0.05, 0.1) is 38.2 Å². The Hall–Kier alpha value is -2.00. The van der Waals surface area contributed by atoms with Crippen LogP contribution in [0.15, 0.2) is 12.1 Å². The summed E-state index contributed by atoms with van der Waals surface area (Å²) in [6, 6.07) is 3.65. The maximum absolute atomic E-state index is 9.22. The lowest BCUT2D eigenvalue weighted by Gasteiger charge is -2.30. The zero-order valence-corrected chi connectivity index (χ0v) is 13.4. The van der Waals surface area contributed by atoms with Crippen LogP contribution in [0.1, 0.15) is 26.7 Å². The molecule has 0 aromatic heterocycles. The number of hydrogen-bond acceptors (Lipinski definition) is 5. The predicted molar refractivity (Wildman–Crippen MR) is 85.8 cm³/mol. The molecule has 1 aromatic carbocycles. The standard InChI is InChI=1S/C16H24N3O3/c1-3-7-21-15-12-14(19-5-9-20-10-6-19)16(22-8-4-2)11-13(15)18-17/h11-12H,3-10H2,1-2H3/q+1. The molecule has 1 aromatic rings. The van der Waals surface area contributed by atoms with Crippen molar-refractivity contribution in [3.8, 4) is 11.5 Å². The van der Waals surface area contributed by atoms with Crippen molar-refractivity contribution < 1.29 is 14.2 Å². The van der Waals surface area contributed by atoms with E-state index in [9.17, 15) is 5.39 Å². The van der Waals surface area contributed by atoms with E-state index < -0.39 is 0 Å². The molecule has 0 saturated carbocycles. The highest BCUT2D eigenvalue weighted by atomic mass is 16.5. The molecular formula is C16H24N3O3+. The molecule has 0 unspecified atom stereocenters. The van der Waals surface area contributed by atoms with Crippen LogP contribution in [0.25, 0.3) is 4.98 Å². The first kappa shape index (κ1) is 16.4. The second-order valence-corrected chi connectivity index (χ2v) is 5.18. The Morgan fingerprint density at radius 3 is 2.32 bits per heavy atom. The first-order chi connectivity index (χ1) is 10.8. The van der Waals surface area contributed by atoms with Gasteiger partial charge in [0.2, 0.25) is 11.1 Å². The Morgan fingerprint density at radius 2 is 1.73 bits per heavy atom. The van der Waals surface area contributed by atoms with E-state index >= 15 is 0 Å². The number of morpholine rings is 1. The number of hydrogen-bond donors (Lipinski definition) is 0. The molecule has 6 heteroatoms. The molecule has 1 heterocycles. The average Bonchev–Trinajstić information content (AvgIpc) is 2.58. The van der Waals surface area contributed by atoms with Crippen molar-refractivity contribution in [1.82, 2.24) is 0 Å². The SMILES string of the molecule is CCCOc1cc(N2CCOCC2)c(OCCC)cc1[N+]#N. The Labute approximate surface area is 131 Å². The van der Waals surface area contributed by atoms with Gasteiger partial charge in [0, 0.05) is 19.2 Å². The van der Waals surface area contributed by atoms with Crippen LogP contribution < -0.4 is 14.4 Å². The largest absolute Gasteiger partial charge is 0.491 e. The molecule has 0 amide bonds. The molecule has 1 fully saturated rings. The van der Waals surface area contributed by atoms with Crippen molar-refractivity contribution in [2.24, 2.45) is 0 Å². The highest BCUT2D eigenvalue weighted by Gasteiger charge is 2.24. The van der Waals surface area contributed by atoms with Gasteiger partial charge in [-0.3, -0.25) is 0 Å². The summed E-state index contributed by atoms with van der Waals surface area (Å²) in [5, 5.41) is 9.22. The van der Waals surface area contributed by atoms with Gasteiger partial charge in [-0.25, -0.2) is 0 Å². The number of anilines is 1. The van der Waals surface area contributed by atoms with Gasteiger partial charge in [-0.2, -0.15) is 0 Å². The minimum absolute atomic E-state index is 0.400. The molecule has 0 N–H and O–H groups in total. The van der Waals surface area contributed by atoms with E-state index in [1.807, 2.05) is 13.0 Å². The summed E-state index contributed by atoms with van der Waals surface area (Å²) in [5.74, 6) is 1.30. The number of nitrogens with zero attached hydrogens (tertiary/aromatic N) is 3. The van der Waals surface area contributed by atoms with E-state index in [2.05, 4.69) is 16.8 Å². The Kier molecular flexibility index (Phi) is 6.28. The first-order valence-electron chi connectivity index (χ1n) is 7.91. The third-order valence-corrected chi connectivity index (χ3v) is 3.42. The fourth-order valence-corrected chi connectivity index (χ4v) is 2.32. The van der Waals surface area contributed by atoms with Crippen molar-refractivity contribution in [2.75, 3.05) is 44.4 Å². The summed E-state index contributed by atoms with van der Waals surface area (Å²) in [6.45, 7) is 8.32. The van der Waals surface area contributed by atoms with E-state index in [0.29, 0.717) is 37.9 Å². The van der Waals surface area contributed by atoms with Gasteiger partial charge in [-0.1, -0.05) is 13.8 Å². The van der Waals surface area contributed by atoms with Gasteiger partial charge in [0.1, 0.15) is 0 Å². The zero-order valence-electron chi connectivity index (χ0n) is 13.4. The summed E-state index contributed by atoms with van der Waals surface area (Å²) in [6.07, 6.45) is 1.81. The highest BCUT2D eigenvalue weighted by molar-refractivity contribution is 5.72. The van der Waals surface area contributed by atoms with Gasteiger partial charge >= 0.3 is 5.69 Å². The third kappa shape index (κ3) is 4.01. The van der Waals surface area contributed by atoms with Gasteiger partial charge in [0.25, 0.3) is 0 Å². The van der Waals surface area contributed by atoms with Crippen molar-refractivity contribution in [3.05, 3.63) is 17.1 Å². The minimum atomic E-state index is 0.400. The normalized spacial score (nSPS) is 14.5. The van der Waals surface area contributed by atoms with E-state index in [1.54, 1.807) is 6.07 Å². The summed E-state index contributed by atoms with van der Waals surface area (Å²) >= 11 is 0. The molecule has 6 nitrogen and oxygen atoms in total. The van der Waals surface area contributed by atoms with E-state index in [0.717, 1.165) is 37.4 Å². The molecule has 22 heavy (non-hydrogen) atoms. The van der Waals surface area contributed by atoms with E-state index in [-0.39, 0.29) is 0 Å². The van der Waals surface area contributed by atoms with E-state index in [1.165, 1.54) is 0 Å². The molecule has 1 aliphatic rings. The summed E-state index contributed by atoms with van der Waals surface area (Å²) in [4.78, 5) is 5.55. The smallest absolute Gasteiger partial charge is 0.430 e. The molecule has 2 rings (SSSR count). The van der Waals surface area contributed by atoms with Crippen LogP contribution in [0.2, 0.25) is 0 Å². The topological polar surface area (TPSA) is 59.1 Å². The van der Waals surface area contributed by atoms with Gasteiger partial charge in [-0.05, 0) is 12.8 Å². The van der Waals surface area contributed by atoms with Gasteiger partial charge < -0.3 is 19.1 Å². The lowest BCUT2D eigenvalue weighted by atomic mass is 10.2. The maximum Gasteiger partial charge on any atom is 0.430 e. The minimum Gasteiger partial charge on any atom is -0.491 e. The van der Waals surface area contributed by atoms with Crippen molar-refractivity contribution in [2.45, 2.75) is 26.7 Å². The Morgan fingerprint density at radius 1 is 1.09 bits per heavy atom. The van der Waals surface area contributed by atoms with Crippen molar-refractivity contribution in [1.29, 1.82) is 5.39 Å². The summed E-state index contributed by atoms with van der Waals surface area (Å²) in [7, 11) is 0. The quantitative estimate of drug-likeness (QED) is 0.721. The Balaban J connectivity index is 2.34. The molecule has 0 aliphatic carbocycles. The highest BCUT2D eigenvalue weighted by Crippen LogP contribution is 2.40. The molecule has 0 atom stereocenters. The lowest BCUT2D eigenvalue weighted by Crippen LogP contribution is -2.36. The molecule has 120 valence electrons. The lowest BCUT2D eigenvalue weighted by molar-refractivity contribution is 0.122. The molecular weight excluding hydrogens is 282 g/mol. The van der Waals surface area contributed by atoms with Crippen LogP contribution >= 0.6 is 0 Å². The fraction of sp³-hybridized carbons (Fsp3) is 0.625.